The van der Waals surface area contributed by atoms with Crippen LogP contribution in [0.3, 0.4) is 0 Å². The number of allylic oxidation sites excluding steroid dienone is 2. The van der Waals surface area contributed by atoms with E-state index in [9.17, 15) is 4.79 Å². The van der Waals surface area contributed by atoms with Crippen LogP contribution in [-0.4, -0.2) is 46.7 Å². The van der Waals surface area contributed by atoms with Crippen LogP contribution in [0.4, 0.5) is 0 Å². The van der Waals surface area contributed by atoms with E-state index in [-0.39, 0.29) is 35.5 Å². The zero-order valence-electron chi connectivity index (χ0n) is 16.6. The molecule has 0 aliphatic heterocycles. The van der Waals surface area contributed by atoms with Gasteiger partial charge < -0.3 is 0 Å². The monoisotopic (exact) mass is 454 g/mol. The fourth-order valence-electron chi connectivity index (χ4n) is 3.61. The van der Waals surface area contributed by atoms with Crippen LogP contribution in [0, 0.1) is 11.8 Å². The molecule has 0 radical (unpaired) electrons. The van der Waals surface area contributed by atoms with Crippen molar-refractivity contribution in [3.8, 4) is 0 Å². The first-order chi connectivity index (χ1) is 12.1. The van der Waals surface area contributed by atoms with E-state index in [1.807, 2.05) is 17.8 Å². The molecule has 0 heterocycles. The van der Waals surface area contributed by atoms with Crippen LogP contribution in [0.1, 0.15) is 20.8 Å². The van der Waals surface area contributed by atoms with Crippen LogP contribution in [-0.2, 0) is 9.22 Å². The predicted octanol–water partition coefficient (Wildman–Crippen LogP) is 4.31. The van der Waals surface area contributed by atoms with Gasteiger partial charge in [-0.15, -0.1) is 0 Å². The number of Topliss-reactive ketones (excluding diaryl/α,β-unsaturated/α-hetero) is 1. The van der Waals surface area contributed by atoms with Gasteiger partial charge in [-0.2, -0.15) is 0 Å². The quantitative estimate of drug-likeness (QED) is 0.474. The predicted molar refractivity (Wildman–Crippen MR) is 116 cm³/mol. The molecular formula is C21H30O2SSeSi. The molecule has 0 spiro atoms. The number of rotatable bonds is 6. The van der Waals surface area contributed by atoms with Crippen molar-refractivity contribution in [2.75, 3.05) is 12.9 Å². The van der Waals surface area contributed by atoms with Gasteiger partial charge in [-0.05, 0) is 0 Å². The first kappa shape index (κ1) is 20.4. The molecule has 4 atom stereocenters. The molecule has 2 nitrogen and oxygen atoms in total. The molecule has 5 heteroatoms. The van der Waals surface area contributed by atoms with Crippen LogP contribution in [0.2, 0.25) is 22.9 Å². The SMILES string of the molecule is CSC1(CO[Si](C)(C)C(C)(C)C)C2C=CC1C([Se]c1ccccc1)C2=O. The van der Waals surface area contributed by atoms with Gasteiger partial charge in [-0.3, -0.25) is 0 Å². The zero-order chi connectivity index (χ0) is 19.2. The summed E-state index contributed by atoms with van der Waals surface area (Å²) >= 11 is 2.03. The van der Waals surface area contributed by atoms with E-state index in [0.29, 0.717) is 18.3 Å². The zero-order valence-corrected chi connectivity index (χ0v) is 20.1. The maximum absolute atomic E-state index is 13.2. The summed E-state index contributed by atoms with van der Waals surface area (Å²) in [5, 5.41) is 0.190. The Hall–Kier alpha value is -0.324. The Morgan fingerprint density at radius 2 is 1.85 bits per heavy atom. The van der Waals surface area contributed by atoms with Gasteiger partial charge in [-0.1, -0.05) is 0 Å². The Morgan fingerprint density at radius 3 is 2.42 bits per heavy atom. The van der Waals surface area contributed by atoms with Crippen LogP contribution >= 0.6 is 11.8 Å². The summed E-state index contributed by atoms with van der Waals surface area (Å²) in [7, 11) is -1.83. The van der Waals surface area contributed by atoms with Crippen LogP contribution in [0.15, 0.2) is 42.5 Å². The number of hydrogen-bond donors (Lipinski definition) is 0. The molecule has 0 aromatic heterocycles. The van der Waals surface area contributed by atoms with Gasteiger partial charge in [0.15, 0.2) is 0 Å². The van der Waals surface area contributed by atoms with Crippen molar-refractivity contribution >= 4 is 45.3 Å². The average molecular weight is 454 g/mol. The maximum atomic E-state index is 13.2. The van der Waals surface area contributed by atoms with Crippen molar-refractivity contribution in [2.24, 2.45) is 11.8 Å². The molecule has 2 bridgehead atoms. The van der Waals surface area contributed by atoms with Gasteiger partial charge >= 0.3 is 170 Å². The van der Waals surface area contributed by atoms with Crippen molar-refractivity contribution < 1.29 is 9.22 Å². The summed E-state index contributed by atoms with van der Waals surface area (Å²) < 4.78 is 7.85. The number of fused-ring (bicyclic) bond motifs is 2. The first-order valence-corrected chi connectivity index (χ1v) is 15.2. The second-order valence-corrected chi connectivity index (χ2v) is 17.4. The van der Waals surface area contributed by atoms with Gasteiger partial charge in [-0.25, -0.2) is 0 Å². The Bertz CT molecular complexity index is 698. The van der Waals surface area contributed by atoms with Crippen molar-refractivity contribution in [1.29, 1.82) is 0 Å². The number of benzene rings is 1. The van der Waals surface area contributed by atoms with E-state index < -0.39 is 8.32 Å². The fraction of sp³-hybridized carbons (Fsp3) is 0.571. The molecule has 0 saturated heterocycles. The van der Waals surface area contributed by atoms with Crippen molar-refractivity contribution in [3.63, 3.8) is 0 Å². The van der Waals surface area contributed by atoms with Gasteiger partial charge in [0.1, 0.15) is 0 Å². The Balaban J connectivity index is 1.81. The number of ketones is 1. The second kappa shape index (κ2) is 7.25. The van der Waals surface area contributed by atoms with E-state index in [2.05, 4.69) is 76.5 Å². The summed E-state index contributed by atoms with van der Waals surface area (Å²) in [5.41, 5.74) is 0. The second-order valence-electron chi connectivity index (χ2n) is 8.85. The molecule has 0 amide bonds. The molecule has 3 rings (SSSR count). The first-order valence-electron chi connectivity index (χ1n) is 9.25. The summed E-state index contributed by atoms with van der Waals surface area (Å²) in [6.07, 6.45) is 6.64. The van der Waals surface area contributed by atoms with Crippen molar-refractivity contribution in [2.45, 2.75) is 48.5 Å². The number of hydrogen-bond acceptors (Lipinski definition) is 3. The Labute approximate surface area is 169 Å². The van der Waals surface area contributed by atoms with E-state index in [1.54, 1.807) is 0 Å². The number of carbonyl (C=O) groups excluding carboxylic acids is 1. The molecular weight excluding hydrogens is 423 g/mol. The molecule has 4 unspecified atom stereocenters. The van der Waals surface area contributed by atoms with Crippen molar-refractivity contribution in [3.05, 3.63) is 42.5 Å². The minimum atomic E-state index is -1.83. The Kier molecular flexibility index (Phi) is 5.69. The molecule has 142 valence electrons. The molecule has 1 aromatic rings. The summed E-state index contributed by atoms with van der Waals surface area (Å²) in [5.74, 6) is 0.761. The van der Waals surface area contributed by atoms with Gasteiger partial charge in [0.2, 0.25) is 0 Å². The molecule has 1 aromatic carbocycles. The van der Waals surface area contributed by atoms with Crippen LogP contribution < -0.4 is 4.46 Å². The number of thioether (sulfide) groups is 1. The fourth-order valence-corrected chi connectivity index (χ4v) is 8.88. The average Bonchev–Trinajstić information content (AvgIpc) is 3.05. The molecule has 2 aliphatic rings. The molecule has 1 saturated carbocycles. The molecule has 1 fully saturated rings. The topological polar surface area (TPSA) is 26.3 Å². The third-order valence-corrected chi connectivity index (χ3v) is 15.0. The summed E-state index contributed by atoms with van der Waals surface area (Å²) in [6.45, 7) is 12.1. The van der Waals surface area contributed by atoms with Gasteiger partial charge in [0.05, 0.1) is 0 Å². The van der Waals surface area contributed by atoms with Crippen LogP contribution in [0.5, 0.6) is 0 Å². The minimum absolute atomic E-state index is 0.0165. The van der Waals surface area contributed by atoms with E-state index in [4.69, 9.17) is 4.43 Å². The van der Waals surface area contributed by atoms with E-state index in [0.717, 1.165) is 0 Å². The molecule has 0 N–H and O–H groups in total. The Morgan fingerprint density at radius 1 is 1.19 bits per heavy atom. The number of carbonyl (C=O) groups is 1. The third-order valence-electron chi connectivity index (χ3n) is 6.37. The molecule has 26 heavy (non-hydrogen) atoms. The van der Waals surface area contributed by atoms with Gasteiger partial charge in [0, 0.05) is 0 Å². The van der Waals surface area contributed by atoms with Gasteiger partial charge in [0.25, 0.3) is 0 Å². The normalized spacial score (nSPS) is 31.0. The standard InChI is InChI=1S/C21H30O2SSeSi/c1-20(2,3)26(5,6)23-14-21(24-4)16-12-13-17(21)19(18(16)22)25-15-10-8-7-9-11-15/h7-13,16-17,19H,14H2,1-6H3. The van der Waals surface area contributed by atoms with E-state index >= 15 is 0 Å². The van der Waals surface area contributed by atoms with Crippen molar-refractivity contribution in [1.82, 2.24) is 0 Å². The van der Waals surface area contributed by atoms with Crippen LogP contribution in [0.25, 0.3) is 0 Å². The summed E-state index contributed by atoms with van der Waals surface area (Å²) in [6, 6.07) is 10.5. The molecule has 2 aliphatic carbocycles. The third kappa shape index (κ3) is 3.42. The summed E-state index contributed by atoms with van der Waals surface area (Å²) in [4.78, 5) is 13.3. The van der Waals surface area contributed by atoms with E-state index in [1.165, 1.54) is 4.46 Å².